The van der Waals surface area contributed by atoms with E-state index in [9.17, 15) is 10.2 Å². The lowest BCUT2D eigenvalue weighted by atomic mass is 9.98. The fraction of sp³-hybridized carbons (Fsp3) is 1.00. The minimum absolute atomic E-state index is 0.000880. The molecule has 1 saturated carbocycles. The maximum absolute atomic E-state index is 9.63. The maximum Gasteiger partial charge on any atom is 0.157 e. The minimum atomic E-state index is -0.735. The highest BCUT2D eigenvalue weighted by Crippen LogP contribution is 2.42. The van der Waals surface area contributed by atoms with Crippen LogP contribution in [0.5, 0.6) is 0 Å². The zero-order chi connectivity index (χ0) is 8.72. The van der Waals surface area contributed by atoms with Crippen LogP contribution in [-0.4, -0.2) is 40.9 Å². The van der Waals surface area contributed by atoms with Crippen molar-refractivity contribution in [1.82, 2.24) is 0 Å². The molecule has 70 valence electrons. The van der Waals surface area contributed by atoms with E-state index in [0.29, 0.717) is 13.0 Å². The van der Waals surface area contributed by atoms with Gasteiger partial charge in [-0.3, -0.25) is 0 Å². The molecule has 0 spiro atoms. The van der Waals surface area contributed by atoms with Gasteiger partial charge in [0.15, 0.2) is 6.29 Å². The number of aliphatic hydroxyl groups is 3. The van der Waals surface area contributed by atoms with Gasteiger partial charge in [0, 0.05) is 24.4 Å². The smallest absolute Gasteiger partial charge is 0.157 e. The zero-order valence-corrected chi connectivity index (χ0v) is 6.76. The lowest BCUT2D eigenvalue weighted by molar-refractivity contribution is -0.0873. The van der Waals surface area contributed by atoms with E-state index in [-0.39, 0.29) is 24.4 Å². The van der Waals surface area contributed by atoms with Gasteiger partial charge in [0.25, 0.3) is 0 Å². The van der Waals surface area contributed by atoms with Crippen molar-refractivity contribution < 1.29 is 20.1 Å². The van der Waals surface area contributed by atoms with Crippen molar-refractivity contribution in [3.63, 3.8) is 0 Å². The molecule has 2 aliphatic rings. The van der Waals surface area contributed by atoms with E-state index in [1.165, 1.54) is 0 Å². The first-order valence-electron chi connectivity index (χ1n) is 4.32. The van der Waals surface area contributed by atoms with Gasteiger partial charge in [-0.15, -0.1) is 0 Å². The second-order valence-electron chi connectivity index (χ2n) is 3.72. The van der Waals surface area contributed by atoms with Gasteiger partial charge in [-0.25, -0.2) is 0 Å². The number of hydrogen-bond acceptors (Lipinski definition) is 4. The normalized spacial score (nSPS) is 52.8. The predicted octanol–water partition coefficient (Wildman–Crippen LogP) is -1.06. The van der Waals surface area contributed by atoms with Gasteiger partial charge < -0.3 is 20.1 Å². The average Bonchev–Trinajstić information content (AvgIpc) is 2.55. The molecule has 4 heteroatoms. The van der Waals surface area contributed by atoms with E-state index in [1.54, 1.807) is 0 Å². The standard InChI is InChI=1S/C8H14O4/c9-2-4-1-5-6(7(4)10)3-12-8(5)11/h4-11H,1-3H2/t4-,5?,6-,7-,8?/m1/s1. The molecule has 0 amide bonds. The van der Waals surface area contributed by atoms with Crippen LogP contribution in [0.15, 0.2) is 0 Å². The predicted molar refractivity (Wildman–Crippen MR) is 40.1 cm³/mol. The highest BCUT2D eigenvalue weighted by molar-refractivity contribution is 4.94. The summed E-state index contributed by atoms with van der Waals surface area (Å²) in [6, 6.07) is 0. The first-order valence-corrected chi connectivity index (χ1v) is 4.32. The summed E-state index contributed by atoms with van der Waals surface area (Å²) in [5, 5.41) is 27.8. The highest BCUT2D eigenvalue weighted by atomic mass is 16.6. The van der Waals surface area contributed by atoms with Gasteiger partial charge in [-0.2, -0.15) is 0 Å². The Morgan fingerprint density at radius 1 is 1.25 bits per heavy atom. The van der Waals surface area contributed by atoms with Crippen LogP contribution in [0.2, 0.25) is 0 Å². The molecule has 2 unspecified atom stereocenters. The molecule has 2 rings (SSSR count). The van der Waals surface area contributed by atoms with Crippen LogP contribution in [0.25, 0.3) is 0 Å². The maximum atomic E-state index is 9.63. The summed E-state index contributed by atoms with van der Waals surface area (Å²) >= 11 is 0. The van der Waals surface area contributed by atoms with Crippen molar-refractivity contribution in [1.29, 1.82) is 0 Å². The lowest BCUT2D eigenvalue weighted by Gasteiger charge is -2.14. The van der Waals surface area contributed by atoms with Crippen molar-refractivity contribution in [2.45, 2.75) is 18.8 Å². The Labute approximate surface area is 70.8 Å². The van der Waals surface area contributed by atoms with Crippen molar-refractivity contribution in [3.8, 4) is 0 Å². The Morgan fingerprint density at radius 2 is 2.00 bits per heavy atom. The van der Waals surface area contributed by atoms with E-state index in [1.807, 2.05) is 0 Å². The van der Waals surface area contributed by atoms with Crippen LogP contribution in [0.3, 0.4) is 0 Å². The van der Waals surface area contributed by atoms with E-state index in [4.69, 9.17) is 9.84 Å². The number of aliphatic hydroxyl groups excluding tert-OH is 3. The molecule has 0 bridgehead atoms. The van der Waals surface area contributed by atoms with Gasteiger partial charge >= 0.3 is 0 Å². The molecule has 1 saturated heterocycles. The highest BCUT2D eigenvalue weighted by Gasteiger charge is 2.49. The van der Waals surface area contributed by atoms with Crippen LogP contribution in [0, 0.1) is 17.8 Å². The minimum Gasteiger partial charge on any atom is -0.396 e. The van der Waals surface area contributed by atoms with Crippen LogP contribution in [-0.2, 0) is 4.74 Å². The molecule has 1 aliphatic heterocycles. The van der Waals surface area contributed by atoms with Crippen molar-refractivity contribution in [2.24, 2.45) is 17.8 Å². The largest absolute Gasteiger partial charge is 0.396 e. The third-order valence-electron chi connectivity index (χ3n) is 3.11. The molecule has 4 nitrogen and oxygen atoms in total. The van der Waals surface area contributed by atoms with Crippen molar-refractivity contribution in [2.75, 3.05) is 13.2 Å². The molecule has 2 fully saturated rings. The van der Waals surface area contributed by atoms with Gasteiger partial charge in [0.1, 0.15) is 0 Å². The SMILES string of the molecule is OC[C@H]1CC2C(O)OC[C@H]2[C@@H]1O. The topological polar surface area (TPSA) is 69.9 Å². The van der Waals surface area contributed by atoms with E-state index >= 15 is 0 Å². The Balaban J connectivity index is 2.08. The first-order chi connectivity index (χ1) is 5.74. The molecule has 0 aromatic heterocycles. The van der Waals surface area contributed by atoms with Gasteiger partial charge in [-0.1, -0.05) is 0 Å². The molecule has 0 aromatic carbocycles. The quantitative estimate of drug-likeness (QED) is 0.474. The Bertz CT molecular complexity index is 172. The molecule has 3 N–H and O–H groups in total. The Hall–Kier alpha value is -0.160. The summed E-state index contributed by atoms with van der Waals surface area (Å²) in [5.74, 6) is -0.0205. The van der Waals surface area contributed by atoms with Crippen LogP contribution in [0.1, 0.15) is 6.42 Å². The van der Waals surface area contributed by atoms with Gasteiger partial charge in [-0.05, 0) is 6.42 Å². The second-order valence-corrected chi connectivity index (χ2v) is 3.72. The molecule has 1 aliphatic carbocycles. The molecular weight excluding hydrogens is 160 g/mol. The number of rotatable bonds is 1. The number of fused-ring (bicyclic) bond motifs is 1. The fourth-order valence-electron chi connectivity index (χ4n) is 2.33. The van der Waals surface area contributed by atoms with Crippen molar-refractivity contribution in [3.05, 3.63) is 0 Å². The lowest BCUT2D eigenvalue weighted by Crippen LogP contribution is -2.25. The third kappa shape index (κ3) is 1.07. The number of hydrogen-bond donors (Lipinski definition) is 3. The molecular formula is C8H14O4. The average molecular weight is 174 g/mol. The second kappa shape index (κ2) is 2.96. The summed E-state index contributed by atoms with van der Waals surface area (Å²) < 4.78 is 5.00. The summed E-state index contributed by atoms with van der Waals surface area (Å²) in [6.07, 6.45) is -0.568. The summed E-state index contributed by atoms with van der Waals surface area (Å²) in [5.41, 5.74) is 0. The number of ether oxygens (including phenoxy) is 1. The fourth-order valence-corrected chi connectivity index (χ4v) is 2.33. The summed E-state index contributed by atoms with van der Waals surface area (Å²) in [4.78, 5) is 0. The van der Waals surface area contributed by atoms with Crippen LogP contribution >= 0.6 is 0 Å². The third-order valence-corrected chi connectivity index (χ3v) is 3.11. The van der Waals surface area contributed by atoms with Gasteiger partial charge in [0.2, 0.25) is 0 Å². The summed E-state index contributed by atoms with van der Waals surface area (Å²) in [6.45, 7) is 0.421. The van der Waals surface area contributed by atoms with Crippen LogP contribution in [0.4, 0.5) is 0 Å². The first kappa shape index (κ1) is 8.44. The monoisotopic (exact) mass is 174 g/mol. The molecule has 0 radical (unpaired) electrons. The molecule has 1 heterocycles. The van der Waals surface area contributed by atoms with E-state index in [2.05, 4.69) is 0 Å². The Kier molecular flexibility index (Phi) is 2.08. The molecule has 5 atom stereocenters. The van der Waals surface area contributed by atoms with Crippen LogP contribution < -0.4 is 0 Å². The molecule has 0 aromatic rings. The van der Waals surface area contributed by atoms with E-state index in [0.717, 1.165) is 0 Å². The Morgan fingerprint density at radius 3 is 2.58 bits per heavy atom. The van der Waals surface area contributed by atoms with Crippen molar-refractivity contribution >= 4 is 0 Å². The van der Waals surface area contributed by atoms with Gasteiger partial charge in [0.05, 0.1) is 12.7 Å². The zero-order valence-electron chi connectivity index (χ0n) is 6.76. The molecule has 12 heavy (non-hydrogen) atoms. The van der Waals surface area contributed by atoms with E-state index < -0.39 is 12.4 Å². The summed E-state index contributed by atoms with van der Waals surface area (Å²) in [7, 11) is 0.